The van der Waals surface area contributed by atoms with Crippen LogP contribution in [0, 0.1) is 0 Å². The highest BCUT2D eigenvalue weighted by Crippen LogP contribution is 2.31. The van der Waals surface area contributed by atoms with Crippen molar-refractivity contribution in [2.45, 2.75) is 12.8 Å². The number of carbonyl (C=O) groups excluding carboxylic acids is 2. The van der Waals surface area contributed by atoms with Crippen molar-refractivity contribution >= 4 is 17.5 Å². The number of methoxy groups -OCH3 is 1. The first-order chi connectivity index (χ1) is 12.2. The van der Waals surface area contributed by atoms with E-state index in [1.165, 1.54) is 0 Å². The van der Waals surface area contributed by atoms with E-state index >= 15 is 0 Å². The fourth-order valence-corrected chi connectivity index (χ4v) is 3.11. The van der Waals surface area contributed by atoms with Crippen molar-refractivity contribution in [2.24, 2.45) is 0 Å². The maximum Gasteiger partial charge on any atom is 0.258 e. The van der Waals surface area contributed by atoms with Gasteiger partial charge in [0.25, 0.3) is 11.8 Å². The second-order valence-corrected chi connectivity index (χ2v) is 5.98. The Balaban J connectivity index is 1.77. The molecule has 1 aliphatic rings. The minimum atomic E-state index is -0.0954. The van der Waals surface area contributed by atoms with Crippen LogP contribution in [0.2, 0.25) is 0 Å². The maximum atomic E-state index is 12.7. The van der Waals surface area contributed by atoms with Crippen LogP contribution in [0.25, 0.3) is 0 Å². The molecule has 5 nitrogen and oxygen atoms in total. The number of fused-ring (bicyclic) bond motifs is 1. The van der Waals surface area contributed by atoms with Gasteiger partial charge in [-0.05, 0) is 42.7 Å². The summed E-state index contributed by atoms with van der Waals surface area (Å²) in [6.07, 6.45) is 1.46. The highest BCUT2D eigenvalue weighted by molar-refractivity contribution is 6.08. The largest absolute Gasteiger partial charge is 0.385 e. The lowest BCUT2D eigenvalue weighted by atomic mass is 10.0. The lowest BCUT2D eigenvalue weighted by molar-refractivity contribution is 0.0946. The Bertz CT molecular complexity index is 759. The van der Waals surface area contributed by atoms with Crippen LogP contribution in [-0.4, -0.2) is 38.6 Å². The van der Waals surface area contributed by atoms with Gasteiger partial charge in [-0.3, -0.25) is 9.59 Å². The minimum absolute atomic E-state index is 0.0306. The third-order valence-electron chi connectivity index (χ3n) is 4.35. The highest BCUT2D eigenvalue weighted by atomic mass is 16.5. The molecule has 0 radical (unpaired) electrons. The lowest BCUT2D eigenvalue weighted by Gasteiger charge is -2.18. The van der Waals surface area contributed by atoms with Crippen molar-refractivity contribution in [3.05, 3.63) is 65.2 Å². The summed E-state index contributed by atoms with van der Waals surface area (Å²) in [5.41, 5.74) is 3.08. The molecule has 130 valence electrons. The molecule has 0 fully saturated rings. The Labute approximate surface area is 147 Å². The summed E-state index contributed by atoms with van der Waals surface area (Å²) in [6, 6.07) is 14.8. The SMILES string of the molecule is COCCCNC(=O)c1cccc2c1CCN2C(=O)c1ccccc1. The van der Waals surface area contributed by atoms with Crippen molar-refractivity contribution < 1.29 is 14.3 Å². The molecule has 2 aromatic carbocycles. The summed E-state index contributed by atoms with van der Waals surface area (Å²) >= 11 is 0. The van der Waals surface area contributed by atoms with Crippen LogP contribution in [0.15, 0.2) is 48.5 Å². The molecule has 0 unspecified atom stereocenters. The molecule has 2 aromatic rings. The number of ether oxygens (including phenoxy) is 1. The molecule has 3 rings (SSSR count). The van der Waals surface area contributed by atoms with E-state index in [1.807, 2.05) is 48.5 Å². The monoisotopic (exact) mass is 338 g/mol. The standard InChI is InChI=1S/C20H22N2O3/c1-25-14-6-12-21-19(23)17-9-5-10-18-16(17)11-13-22(18)20(24)15-7-3-2-4-8-15/h2-5,7-10H,6,11-14H2,1H3,(H,21,23). The van der Waals surface area contributed by atoms with Gasteiger partial charge in [-0.2, -0.15) is 0 Å². The van der Waals surface area contributed by atoms with Crippen LogP contribution in [0.4, 0.5) is 5.69 Å². The Morgan fingerprint density at radius 1 is 1.12 bits per heavy atom. The second-order valence-electron chi connectivity index (χ2n) is 5.98. The molecule has 0 atom stereocenters. The molecule has 0 saturated heterocycles. The number of rotatable bonds is 6. The van der Waals surface area contributed by atoms with Gasteiger partial charge in [-0.15, -0.1) is 0 Å². The third-order valence-corrected chi connectivity index (χ3v) is 4.35. The predicted octanol–water partition coefficient (Wildman–Crippen LogP) is 2.66. The molecule has 0 spiro atoms. The van der Waals surface area contributed by atoms with Crippen molar-refractivity contribution in [1.82, 2.24) is 5.32 Å². The summed E-state index contributed by atoms with van der Waals surface area (Å²) in [5, 5.41) is 2.92. The predicted molar refractivity (Wildman–Crippen MR) is 97.1 cm³/mol. The van der Waals surface area contributed by atoms with Gasteiger partial charge in [0.05, 0.1) is 0 Å². The average Bonchev–Trinajstić information content (AvgIpc) is 3.09. The molecule has 0 aromatic heterocycles. The van der Waals surface area contributed by atoms with Crippen molar-refractivity contribution in [3.63, 3.8) is 0 Å². The highest BCUT2D eigenvalue weighted by Gasteiger charge is 2.28. The molecule has 1 aliphatic heterocycles. The van der Waals surface area contributed by atoms with Gasteiger partial charge in [0, 0.05) is 43.6 Å². The minimum Gasteiger partial charge on any atom is -0.385 e. The molecule has 1 N–H and O–H groups in total. The number of amides is 2. The normalized spacial score (nSPS) is 12.8. The number of hydrogen-bond donors (Lipinski definition) is 1. The summed E-state index contributed by atoms with van der Waals surface area (Å²) in [5.74, 6) is -0.126. The molecule has 0 bridgehead atoms. The van der Waals surface area contributed by atoms with Gasteiger partial charge in [0.2, 0.25) is 0 Å². The number of nitrogens with zero attached hydrogens (tertiary/aromatic N) is 1. The second kappa shape index (κ2) is 7.94. The Morgan fingerprint density at radius 3 is 2.68 bits per heavy atom. The Hall–Kier alpha value is -2.66. The number of anilines is 1. The number of benzene rings is 2. The lowest BCUT2D eigenvalue weighted by Crippen LogP contribution is -2.28. The van der Waals surface area contributed by atoms with Crippen LogP contribution in [0.1, 0.15) is 32.7 Å². The smallest absolute Gasteiger partial charge is 0.258 e. The van der Waals surface area contributed by atoms with E-state index < -0.39 is 0 Å². The van der Waals surface area contributed by atoms with Crippen molar-refractivity contribution in [3.8, 4) is 0 Å². The van der Waals surface area contributed by atoms with E-state index in [-0.39, 0.29) is 11.8 Å². The number of hydrogen-bond acceptors (Lipinski definition) is 3. The quantitative estimate of drug-likeness (QED) is 0.824. The molecule has 25 heavy (non-hydrogen) atoms. The first-order valence-electron chi connectivity index (χ1n) is 8.48. The fraction of sp³-hybridized carbons (Fsp3) is 0.300. The van der Waals surface area contributed by atoms with E-state index in [4.69, 9.17) is 4.74 Å². The van der Waals surface area contributed by atoms with E-state index in [0.29, 0.717) is 37.2 Å². The summed E-state index contributed by atoms with van der Waals surface area (Å²) in [6.45, 7) is 1.78. The van der Waals surface area contributed by atoms with Crippen LogP contribution in [0.5, 0.6) is 0 Å². The number of carbonyl (C=O) groups is 2. The molecule has 5 heteroatoms. The molecule has 0 saturated carbocycles. The van der Waals surface area contributed by atoms with E-state index in [9.17, 15) is 9.59 Å². The summed E-state index contributed by atoms with van der Waals surface area (Å²) < 4.78 is 4.99. The Kier molecular flexibility index (Phi) is 5.46. The molecule has 2 amide bonds. The van der Waals surface area contributed by atoms with Gasteiger partial charge in [0.15, 0.2) is 0 Å². The van der Waals surface area contributed by atoms with Crippen LogP contribution in [-0.2, 0) is 11.2 Å². The zero-order chi connectivity index (χ0) is 17.6. The van der Waals surface area contributed by atoms with Crippen LogP contribution >= 0.6 is 0 Å². The van der Waals surface area contributed by atoms with Crippen LogP contribution < -0.4 is 10.2 Å². The first-order valence-corrected chi connectivity index (χ1v) is 8.48. The van der Waals surface area contributed by atoms with Crippen molar-refractivity contribution in [2.75, 3.05) is 31.7 Å². The fourth-order valence-electron chi connectivity index (χ4n) is 3.11. The molecular weight excluding hydrogens is 316 g/mol. The molecular formula is C20H22N2O3. The van der Waals surface area contributed by atoms with Crippen LogP contribution in [0.3, 0.4) is 0 Å². The van der Waals surface area contributed by atoms with Gasteiger partial charge >= 0.3 is 0 Å². The van der Waals surface area contributed by atoms with Gasteiger partial charge < -0.3 is 15.0 Å². The Morgan fingerprint density at radius 2 is 1.92 bits per heavy atom. The average molecular weight is 338 g/mol. The van der Waals surface area contributed by atoms with Gasteiger partial charge in [0.1, 0.15) is 0 Å². The third kappa shape index (κ3) is 3.72. The molecule has 1 heterocycles. The van der Waals surface area contributed by atoms with E-state index in [0.717, 1.165) is 17.7 Å². The van der Waals surface area contributed by atoms with Gasteiger partial charge in [-0.25, -0.2) is 0 Å². The topological polar surface area (TPSA) is 58.6 Å². The number of nitrogens with one attached hydrogen (secondary N) is 1. The first kappa shape index (κ1) is 17.2. The van der Waals surface area contributed by atoms with Crippen molar-refractivity contribution in [1.29, 1.82) is 0 Å². The zero-order valence-corrected chi connectivity index (χ0v) is 14.3. The maximum absolute atomic E-state index is 12.7. The zero-order valence-electron chi connectivity index (χ0n) is 14.3. The van der Waals surface area contributed by atoms with E-state index in [1.54, 1.807) is 12.0 Å². The molecule has 0 aliphatic carbocycles. The summed E-state index contributed by atoms with van der Waals surface area (Å²) in [4.78, 5) is 27.0. The van der Waals surface area contributed by atoms with Gasteiger partial charge in [-0.1, -0.05) is 24.3 Å². The van der Waals surface area contributed by atoms with E-state index in [2.05, 4.69) is 5.32 Å². The summed E-state index contributed by atoms with van der Waals surface area (Å²) in [7, 11) is 1.64.